The van der Waals surface area contributed by atoms with Gasteiger partial charge in [-0.3, -0.25) is 14.5 Å². The Balaban J connectivity index is 1.52. The van der Waals surface area contributed by atoms with E-state index in [1.165, 1.54) is 18.2 Å². The molecule has 7 heteroatoms. The molecule has 1 unspecified atom stereocenters. The first kappa shape index (κ1) is 19.2. The van der Waals surface area contributed by atoms with Crippen molar-refractivity contribution in [3.63, 3.8) is 0 Å². The van der Waals surface area contributed by atoms with Crippen LogP contribution in [0.1, 0.15) is 51.2 Å². The number of amides is 2. The zero-order valence-electron chi connectivity index (χ0n) is 15.0. The molecule has 140 valence electrons. The minimum Gasteiger partial charge on any atom is -0.465 e. The molecule has 0 saturated carbocycles. The SMILES string of the molecule is CCC1CCCCN1C(=O)CCCN1C(=O)/C(=C\c2ccco2)SC1=S. The zero-order chi connectivity index (χ0) is 18.5. The van der Waals surface area contributed by atoms with Crippen LogP contribution < -0.4 is 0 Å². The van der Waals surface area contributed by atoms with Crippen molar-refractivity contribution in [2.24, 2.45) is 0 Å². The van der Waals surface area contributed by atoms with E-state index in [-0.39, 0.29) is 11.8 Å². The number of carbonyl (C=O) groups excluding carboxylic acids is 2. The zero-order valence-corrected chi connectivity index (χ0v) is 16.6. The first-order valence-electron chi connectivity index (χ1n) is 9.18. The first-order chi connectivity index (χ1) is 12.6. The average molecular weight is 393 g/mol. The molecule has 3 rings (SSSR count). The monoisotopic (exact) mass is 392 g/mol. The molecule has 1 aromatic rings. The summed E-state index contributed by atoms with van der Waals surface area (Å²) in [6.07, 6.45) is 8.80. The second kappa shape index (κ2) is 8.86. The van der Waals surface area contributed by atoms with Gasteiger partial charge >= 0.3 is 0 Å². The fraction of sp³-hybridized carbons (Fsp3) is 0.526. The van der Waals surface area contributed by atoms with Crippen molar-refractivity contribution in [3.05, 3.63) is 29.1 Å². The van der Waals surface area contributed by atoms with E-state index >= 15 is 0 Å². The lowest BCUT2D eigenvalue weighted by atomic mass is 9.99. The molecule has 0 spiro atoms. The van der Waals surface area contributed by atoms with Crippen molar-refractivity contribution in [1.29, 1.82) is 0 Å². The van der Waals surface area contributed by atoms with Gasteiger partial charge in [-0.2, -0.15) is 0 Å². The van der Waals surface area contributed by atoms with Gasteiger partial charge in [-0.1, -0.05) is 30.9 Å². The van der Waals surface area contributed by atoms with Crippen LogP contribution in [0.15, 0.2) is 27.7 Å². The van der Waals surface area contributed by atoms with E-state index in [0.29, 0.717) is 40.4 Å². The predicted molar refractivity (Wildman–Crippen MR) is 107 cm³/mol. The third-order valence-corrected chi connectivity index (χ3v) is 6.26. The lowest BCUT2D eigenvalue weighted by Crippen LogP contribution is -2.43. The number of piperidine rings is 1. The topological polar surface area (TPSA) is 53.8 Å². The molecule has 0 aliphatic carbocycles. The Bertz CT molecular complexity index is 700. The van der Waals surface area contributed by atoms with Crippen molar-refractivity contribution in [2.75, 3.05) is 13.1 Å². The Hall–Kier alpha value is -1.60. The lowest BCUT2D eigenvalue weighted by molar-refractivity contribution is -0.135. The van der Waals surface area contributed by atoms with E-state index in [1.807, 2.05) is 4.90 Å². The number of furan rings is 1. The van der Waals surface area contributed by atoms with Gasteiger partial charge in [0.25, 0.3) is 5.91 Å². The van der Waals surface area contributed by atoms with E-state index in [9.17, 15) is 9.59 Å². The predicted octanol–water partition coefficient (Wildman–Crippen LogP) is 4.05. The fourth-order valence-corrected chi connectivity index (χ4v) is 4.77. The van der Waals surface area contributed by atoms with Gasteiger partial charge in [0.1, 0.15) is 10.1 Å². The van der Waals surface area contributed by atoms with Crippen LogP contribution in [0, 0.1) is 0 Å². The van der Waals surface area contributed by atoms with Crippen LogP contribution >= 0.6 is 24.0 Å². The number of carbonyl (C=O) groups is 2. The summed E-state index contributed by atoms with van der Waals surface area (Å²) >= 11 is 6.62. The van der Waals surface area contributed by atoms with Gasteiger partial charge in [-0.25, -0.2) is 0 Å². The molecule has 2 fully saturated rings. The molecule has 0 N–H and O–H groups in total. The van der Waals surface area contributed by atoms with Gasteiger partial charge in [-0.05, 0) is 44.2 Å². The summed E-state index contributed by atoms with van der Waals surface area (Å²) in [5.74, 6) is 0.734. The minimum absolute atomic E-state index is 0.103. The van der Waals surface area contributed by atoms with Crippen LogP contribution in [0.5, 0.6) is 0 Å². The number of hydrogen-bond donors (Lipinski definition) is 0. The van der Waals surface area contributed by atoms with Gasteiger partial charge in [-0.15, -0.1) is 0 Å². The van der Waals surface area contributed by atoms with E-state index in [0.717, 1.165) is 25.8 Å². The van der Waals surface area contributed by atoms with Crippen molar-refractivity contribution >= 4 is 46.2 Å². The van der Waals surface area contributed by atoms with Crippen LogP contribution in [0.3, 0.4) is 0 Å². The second-order valence-electron chi connectivity index (χ2n) is 6.60. The van der Waals surface area contributed by atoms with Crippen molar-refractivity contribution in [1.82, 2.24) is 9.80 Å². The molecule has 2 amide bonds. The van der Waals surface area contributed by atoms with Crippen molar-refractivity contribution in [2.45, 2.75) is 51.5 Å². The third-order valence-electron chi connectivity index (χ3n) is 4.88. The Morgan fingerprint density at radius 3 is 3.04 bits per heavy atom. The van der Waals surface area contributed by atoms with Crippen molar-refractivity contribution < 1.29 is 14.0 Å². The molecule has 26 heavy (non-hydrogen) atoms. The molecule has 3 heterocycles. The van der Waals surface area contributed by atoms with Gasteiger partial charge in [0.15, 0.2) is 0 Å². The smallest absolute Gasteiger partial charge is 0.266 e. The summed E-state index contributed by atoms with van der Waals surface area (Å²) in [4.78, 5) is 29.3. The Kier molecular flexibility index (Phi) is 6.53. The highest BCUT2D eigenvalue weighted by molar-refractivity contribution is 8.26. The highest BCUT2D eigenvalue weighted by atomic mass is 32.2. The van der Waals surface area contributed by atoms with Crippen LogP contribution in [0.25, 0.3) is 6.08 Å². The maximum Gasteiger partial charge on any atom is 0.266 e. The summed E-state index contributed by atoms with van der Waals surface area (Å²) in [6.45, 7) is 3.49. The highest BCUT2D eigenvalue weighted by Crippen LogP contribution is 2.32. The molecule has 2 aliphatic rings. The standard InChI is InChI=1S/C19H24N2O3S2/c1-2-14-7-3-4-10-20(14)17(22)9-5-11-21-18(23)16(26-19(21)25)13-15-8-6-12-24-15/h6,8,12-14H,2-5,7,9-11H2,1H3/b16-13+. The minimum atomic E-state index is -0.103. The summed E-state index contributed by atoms with van der Waals surface area (Å²) in [5, 5.41) is 0. The molecule has 2 saturated heterocycles. The van der Waals surface area contributed by atoms with Crippen LogP contribution in [0.4, 0.5) is 0 Å². The lowest BCUT2D eigenvalue weighted by Gasteiger charge is -2.35. The summed E-state index contributed by atoms with van der Waals surface area (Å²) in [5.41, 5.74) is 0. The Morgan fingerprint density at radius 2 is 2.31 bits per heavy atom. The second-order valence-corrected chi connectivity index (χ2v) is 8.27. The molecular formula is C19H24N2O3S2. The quantitative estimate of drug-likeness (QED) is 0.540. The number of thioether (sulfide) groups is 1. The van der Waals surface area contributed by atoms with E-state index in [2.05, 4.69) is 6.92 Å². The fourth-order valence-electron chi connectivity index (χ4n) is 3.48. The number of likely N-dealkylation sites (tertiary alicyclic amines) is 1. The van der Waals surface area contributed by atoms with Gasteiger partial charge in [0, 0.05) is 31.6 Å². The maximum absolute atomic E-state index is 12.5. The van der Waals surface area contributed by atoms with Crippen LogP contribution in [0.2, 0.25) is 0 Å². The Labute approximate surface area is 163 Å². The van der Waals surface area contributed by atoms with E-state index in [1.54, 1.807) is 29.4 Å². The summed E-state index contributed by atoms with van der Waals surface area (Å²) in [7, 11) is 0. The molecule has 0 bridgehead atoms. The molecule has 5 nitrogen and oxygen atoms in total. The number of rotatable bonds is 6. The molecule has 2 aliphatic heterocycles. The van der Waals surface area contributed by atoms with Gasteiger partial charge < -0.3 is 9.32 Å². The summed E-state index contributed by atoms with van der Waals surface area (Å²) in [6, 6.07) is 3.96. The first-order valence-corrected chi connectivity index (χ1v) is 10.4. The number of hydrogen-bond acceptors (Lipinski definition) is 5. The van der Waals surface area contributed by atoms with Crippen LogP contribution in [-0.2, 0) is 9.59 Å². The molecule has 1 atom stereocenters. The molecule has 0 aromatic carbocycles. The van der Waals surface area contributed by atoms with E-state index in [4.69, 9.17) is 16.6 Å². The number of thiocarbonyl (C=S) groups is 1. The third kappa shape index (κ3) is 4.38. The van der Waals surface area contributed by atoms with Crippen molar-refractivity contribution in [3.8, 4) is 0 Å². The molecule has 0 radical (unpaired) electrons. The largest absolute Gasteiger partial charge is 0.465 e. The average Bonchev–Trinajstić information content (AvgIpc) is 3.25. The van der Waals surface area contributed by atoms with Crippen LogP contribution in [-0.4, -0.2) is 45.1 Å². The Morgan fingerprint density at radius 1 is 1.46 bits per heavy atom. The highest BCUT2D eigenvalue weighted by Gasteiger charge is 2.32. The maximum atomic E-state index is 12.5. The molecular weight excluding hydrogens is 368 g/mol. The van der Waals surface area contributed by atoms with E-state index < -0.39 is 0 Å². The number of nitrogens with zero attached hydrogens (tertiary/aromatic N) is 2. The van der Waals surface area contributed by atoms with Gasteiger partial charge in [0.2, 0.25) is 5.91 Å². The van der Waals surface area contributed by atoms with Gasteiger partial charge in [0.05, 0.1) is 11.2 Å². The molecule has 1 aromatic heterocycles. The normalized spacial score (nSPS) is 22.5. The summed E-state index contributed by atoms with van der Waals surface area (Å²) < 4.78 is 5.81.